The summed E-state index contributed by atoms with van der Waals surface area (Å²) >= 11 is 5.14. The molecule has 21 heavy (non-hydrogen) atoms. The first-order valence-electron chi connectivity index (χ1n) is 6.82. The van der Waals surface area contributed by atoms with Gasteiger partial charge in [-0.25, -0.2) is 0 Å². The number of thioether (sulfide) groups is 1. The molecule has 0 aliphatic heterocycles. The van der Waals surface area contributed by atoms with Crippen molar-refractivity contribution in [3.05, 3.63) is 70.2 Å². The van der Waals surface area contributed by atoms with Crippen molar-refractivity contribution in [1.82, 2.24) is 5.32 Å². The van der Waals surface area contributed by atoms with Crippen molar-refractivity contribution in [2.45, 2.75) is 18.7 Å². The zero-order chi connectivity index (χ0) is 15.1. The van der Waals surface area contributed by atoms with E-state index in [-0.39, 0.29) is 11.9 Å². The Morgan fingerprint density at radius 3 is 2.52 bits per heavy atom. The average Bonchev–Trinajstić information content (AvgIpc) is 2.50. The van der Waals surface area contributed by atoms with Gasteiger partial charge in [0, 0.05) is 10.2 Å². The Morgan fingerprint density at radius 2 is 1.81 bits per heavy atom. The monoisotopic (exact) mass is 363 g/mol. The number of hydrogen-bond donors (Lipinski definition) is 1. The second-order valence-electron chi connectivity index (χ2n) is 4.78. The molecule has 110 valence electrons. The van der Waals surface area contributed by atoms with E-state index in [1.165, 1.54) is 5.56 Å². The van der Waals surface area contributed by atoms with E-state index in [9.17, 15) is 4.79 Å². The van der Waals surface area contributed by atoms with Crippen LogP contribution < -0.4 is 5.32 Å². The summed E-state index contributed by atoms with van der Waals surface area (Å²) in [5.74, 6) is 1.37. The molecule has 0 aliphatic rings. The SMILES string of the molecule is C[C@H](NC(=O)CSCc1ccccc1Br)c1ccccc1. The van der Waals surface area contributed by atoms with Gasteiger partial charge in [0.2, 0.25) is 5.91 Å². The maximum absolute atomic E-state index is 12.0. The summed E-state index contributed by atoms with van der Waals surface area (Å²) in [6.07, 6.45) is 0. The molecule has 2 aromatic carbocycles. The first-order valence-corrected chi connectivity index (χ1v) is 8.77. The fraction of sp³-hybridized carbons (Fsp3) is 0.235. The van der Waals surface area contributed by atoms with Gasteiger partial charge in [-0.15, -0.1) is 11.8 Å². The summed E-state index contributed by atoms with van der Waals surface area (Å²) in [5, 5.41) is 3.03. The van der Waals surface area contributed by atoms with Crippen LogP contribution >= 0.6 is 27.7 Å². The molecule has 0 unspecified atom stereocenters. The predicted octanol–water partition coefficient (Wildman–Crippen LogP) is 4.56. The van der Waals surface area contributed by atoms with Crippen LogP contribution in [0.4, 0.5) is 0 Å². The molecule has 2 rings (SSSR count). The Balaban J connectivity index is 1.76. The molecular formula is C17H18BrNOS. The van der Waals surface area contributed by atoms with Crippen molar-refractivity contribution in [2.24, 2.45) is 0 Å². The first-order chi connectivity index (χ1) is 10.2. The molecule has 0 aliphatic carbocycles. The summed E-state index contributed by atoms with van der Waals surface area (Å²) in [7, 11) is 0. The van der Waals surface area contributed by atoms with Crippen LogP contribution in [0, 0.1) is 0 Å². The molecule has 1 atom stereocenters. The second kappa shape index (κ2) is 8.25. The van der Waals surface area contributed by atoms with E-state index >= 15 is 0 Å². The molecule has 2 nitrogen and oxygen atoms in total. The van der Waals surface area contributed by atoms with Gasteiger partial charge in [-0.05, 0) is 24.1 Å². The Kier molecular flexibility index (Phi) is 6.33. The quantitative estimate of drug-likeness (QED) is 0.814. The highest BCUT2D eigenvalue weighted by molar-refractivity contribution is 9.10. The highest BCUT2D eigenvalue weighted by Crippen LogP contribution is 2.21. The van der Waals surface area contributed by atoms with Crippen LogP contribution in [0.3, 0.4) is 0 Å². The number of amides is 1. The van der Waals surface area contributed by atoms with Crippen LogP contribution in [0.2, 0.25) is 0 Å². The predicted molar refractivity (Wildman–Crippen MR) is 93.3 cm³/mol. The lowest BCUT2D eigenvalue weighted by Crippen LogP contribution is -2.28. The van der Waals surface area contributed by atoms with Gasteiger partial charge in [0.15, 0.2) is 0 Å². The molecule has 0 radical (unpaired) electrons. The van der Waals surface area contributed by atoms with Crippen LogP contribution in [-0.2, 0) is 10.5 Å². The summed E-state index contributed by atoms with van der Waals surface area (Å²) in [5.41, 5.74) is 2.34. The third-order valence-corrected chi connectivity index (χ3v) is 4.88. The fourth-order valence-electron chi connectivity index (χ4n) is 1.98. The molecular weight excluding hydrogens is 346 g/mol. The van der Waals surface area contributed by atoms with Crippen molar-refractivity contribution in [3.8, 4) is 0 Å². The van der Waals surface area contributed by atoms with Gasteiger partial charge < -0.3 is 5.32 Å². The van der Waals surface area contributed by atoms with E-state index in [4.69, 9.17) is 0 Å². The third-order valence-electron chi connectivity index (χ3n) is 3.13. The van der Waals surface area contributed by atoms with Crippen LogP contribution in [0.25, 0.3) is 0 Å². The van der Waals surface area contributed by atoms with Crippen LogP contribution in [0.15, 0.2) is 59.1 Å². The number of carbonyl (C=O) groups excluding carboxylic acids is 1. The lowest BCUT2D eigenvalue weighted by Gasteiger charge is -2.14. The fourth-order valence-corrected chi connectivity index (χ4v) is 3.43. The first kappa shape index (κ1) is 16.1. The second-order valence-corrected chi connectivity index (χ2v) is 6.62. The van der Waals surface area contributed by atoms with Crippen molar-refractivity contribution in [1.29, 1.82) is 0 Å². The molecule has 4 heteroatoms. The van der Waals surface area contributed by atoms with Gasteiger partial charge in [0.1, 0.15) is 0 Å². The van der Waals surface area contributed by atoms with Crippen LogP contribution in [0.5, 0.6) is 0 Å². The van der Waals surface area contributed by atoms with Gasteiger partial charge in [-0.1, -0.05) is 64.5 Å². The summed E-state index contributed by atoms with van der Waals surface area (Å²) in [6.45, 7) is 2.01. The largest absolute Gasteiger partial charge is 0.349 e. The Labute approximate surface area is 138 Å². The molecule has 0 aromatic heterocycles. The van der Waals surface area contributed by atoms with Gasteiger partial charge in [0.25, 0.3) is 0 Å². The minimum absolute atomic E-state index is 0.0442. The van der Waals surface area contributed by atoms with E-state index in [0.29, 0.717) is 5.75 Å². The highest BCUT2D eigenvalue weighted by Gasteiger charge is 2.09. The number of rotatable bonds is 6. The minimum Gasteiger partial charge on any atom is -0.349 e. The van der Waals surface area contributed by atoms with Gasteiger partial charge in [0.05, 0.1) is 11.8 Å². The van der Waals surface area contributed by atoms with Gasteiger partial charge in [-0.3, -0.25) is 4.79 Å². The Hall–Kier alpha value is -1.26. The Bertz CT molecular complexity index is 588. The zero-order valence-electron chi connectivity index (χ0n) is 11.9. The summed E-state index contributed by atoms with van der Waals surface area (Å²) < 4.78 is 1.09. The lowest BCUT2D eigenvalue weighted by molar-refractivity contribution is -0.119. The number of nitrogens with one attached hydrogen (secondary N) is 1. The summed E-state index contributed by atoms with van der Waals surface area (Å²) in [6, 6.07) is 18.1. The zero-order valence-corrected chi connectivity index (χ0v) is 14.3. The Morgan fingerprint density at radius 1 is 1.14 bits per heavy atom. The van der Waals surface area contributed by atoms with E-state index in [1.807, 2.05) is 55.5 Å². The molecule has 2 aromatic rings. The van der Waals surface area contributed by atoms with Gasteiger partial charge >= 0.3 is 0 Å². The standard InChI is InChI=1S/C17H18BrNOS/c1-13(14-7-3-2-4-8-14)19-17(20)12-21-11-15-9-5-6-10-16(15)18/h2-10,13H,11-12H2,1H3,(H,19,20)/t13-/m0/s1. The molecule has 0 saturated heterocycles. The third kappa shape index (κ3) is 5.21. The highest BCUT2D eigenvalue weighted by atomic mass is 79.9. The van der Waals surface area contributed by atoms with Crippen LogP contribution in [-0.4, -0.2) is 11.7 Å². The normalized spacial score (nSPS) is 11.9. The topological polar surface area (TPSA) is 29.1 Å². The lowest BCUT2D eigenvalue weighted by atomic mass is 10.1. The van der Waals surface area contributed by atoms with Crippen molar-refractivity contribution < 1.29 is 4.79 Å². The average molecular weight is 364 g/mol. The number of hydrogen-bond acceptors (Lipinski definition) is 2. The van der Waals surface area contributed by atoms with E-state index in [0.717, 1.165) is 15.8 Å². The van der Waals surface area contributed by atoms with Crippen molar-refractivity contribution in [2.75, 3.05) is 5.75 Å². The maximum Gasteiger partial charge on any atom is 0.230 e. The molecule has 1 N–H and O–H groups in total. The van der Waals surface area contributed by atoms with Crippen molar-refractivity contribution >= 4 is 33.6 Å². The molecule has 0 heterocycles. The molecule has 0 spiro atoms. The smallest absolute Gasteiger partial charge is 0.230 e. The van der Waals surface area contributed by atoms with Crippen LogP contribution in [0.1, 0.15) is 24.1 Å². The van der Waals surface area contributed by atoms with E-state index in [2.05, 4.69) is 27.3 Å². The number of benzene rings is 2. The molecule has 1 amide bonds. The van der Waals surface area contributed by atoms with E-state index in [1.54, 1.807) is 11.8 Å². The molecule has 0 fully saturated rings. The number of carbonyl (C=O) groups is 1. The van der Waals surface area contributed by atoms with Gasteiger partial charge in [-0.2, -0.15) is 0 Å². The molecule has 0 bridgehead atoms. The number of halogens is 1. The maximum atomic E-state index is 12.0. The summed E-state index contributed by atoms with van der Waals surface area (Å²) in [4.78, 5) is 12.0. The molecule has 0 saturated carbocycles. The minimum atomic E-state index is 0.0442. The van der Waals surface area contributed by atoms with E-state index < -0.39 is 0 Å². The van der Waals surface area contributed by atoms with Crippen molar-refractivity contribution in [3.63, 3.8) is 0 Å².